The van der Waals surface area contributed by atoms with E-state index in [2.05, 4.69) is 0 Å². The molecule has 0 spiro atoms. The van der Waals surface area contributed by atoms with Crippen LogP contribution in [0.1, 0.15) is 17.5 Å². The largest absolute Gasteiger partial charge is 0.420 e. The first kappa shape index (κ1) is 16.9. The van der Waals surface area contributed by atoms with E-state index >= 15 is 0 Å². The molecule has 0 heterocycles. The Morgan fingerprint density at radius 2 is 1.86 bits per heavy atom. The third-order valence-electron chi connectivity index (χ3n) is 3.46. The predicted octanol–water partition coefficient (Wildman–Crippen LogP) is 5.13. The fourth-order valence-corrected chi connectivity index (χ4v) is 4.62. The van der Waals surface area contributed by atoms with Crippen molar-refractivity contribution in [3.05, 3.63) is 27.2 Å². The van der Waals surface area contributed by atoms with Gasteiger partial charge < -0.3 is 10.2 Å². The molecule has 1 aromatic carbocycles. The molecular formula is C13H16Cl2F3NOSi. The third kappa shape index (κ3) is 2.78. The van der Waals surface area contributed by atoms with Crippen molar-refractivity contribution in [3.63, 3.8) is 0 Å². The second kappa shape index (κ2) is 5.04. The van der Waals surface area contributed by atoms with Crippen LogP contribution in [0.4, 0.5) is 18.9 Å². The summed E-state index contributed by atoms with van der Waals surface area (Å²) in [4.78, 5) is 0. The average Bonchev–Trinajstić information content (AvgIpc) is 2.64. The molecule has 0 amide bonds. The monoisotopic (exact) mass is 357 g/mol. The van der Waals surface area contributed by atoms with E-state index in [0.717, 1.165) is 0 Å². The van der Waals surface area contributed by atoms with Crippen molar-refractivity contribution in [1.82, 2.24) is 0 Å². The van der Waals surface area contributed by atoms with E-state index in [4.69, 9.17) is 33.4 Å². The first-order valence-corrected chi connectivity index (χ1v) is 10.6. The van der Waals surface area contributed by atoms with E-state index in [-0.39, 0.29) is 34.1 Å². The van der Waals surface area contributed by atoms with E-state index in [1.54, 1.807) is 19.6 Å². The number of rotatable bonds is 2. The van der Waals surface area contributed by atoms with Crippen LogP contribution in [0.25, 0.3) is 0 Å². The van der Waals surface area contributed by atoms with Crippen molar-refractivity contribution in [3.8, 4) is 0 Å². The molecular weight excluding hydrogens is 342 g/mol. The molecule has 2 rings (SSSR count). The SMILES string of the molecule is C[Si](C)(C)OC1(C(F)(F)F)CCc2c1cc(Cl)c(N)c2Cl. The zero-order valence-electron chi connectivity index (χ0n) is 11.9. The lowest BCUT2D eigenvalue weighted by atomic mass is 9.95. The molecule has 1 atom stereocenters. The van der Waals surface area contributed by atoms with Crippen LogP contribution in [-0.2, 0) is 16.4 Å². The van der Waals surface area contributed by atoms with Crippen LogP contribution in [0.15, 0.2) is 6.07 Å². The predicted molar refractivity (Wildman–Crippen MR) is 81.4 cm³/mol. The average molecular weight is 358 g/mol. The lowest BCUT2D eigenvalue weighted by Crippen LogP contribution is -2.49. The van der Waals surface area contributed by atoms with Crippen molar-refractivity contribution in [2.24, 2.45) is 0 Å². The van der Waals surface area contributed by atoms with Gasteiger partial charge in [0.2, 0.25) is 0 Å². The van der Waals surface area contributed by atoms with Crippen LogP contribution in [0.3, 0.4) is 0 Å². The first-order chi connectivity index (χ1) is 9.39. The number of hydrogen-bond donors (Lipinski definition) is 1. The molecule has 0 fully saturated rings. The zero-order chi connectivity index (χ0) is 16.2. The Morgan fingerprint density at radius 1 is 1.29 bits per heavy atom. The number of nitrogens with two attached hydrogens (primary N) is 1. The van der Waals surface area contributed by atoms with Crippen molar-refractivity contribution in [1.29, 1.82) is 0 Å². The molecule has 1 unspecified atom stereocenters. The number of nitrogen functional groups attached to an aromatic ring is 1. The Bertz CT molecular complexity index is 586. The van der Waals surface area contributed by atoms with Gasteiger partial charge in [-0.15, -0.1) is 0 Å². The maximum Gasteiger partial charge on any atom is 0.420 e. The van der Waals surface area contributed by atoms with Gasteiger partial charge in [0.05, 0.1) is 15.7 Å². The number of halogens is 5. The highest BCUT2D eigenvalue weighted by Crippen LogP contribution is 2.55. The standard InChI is InChI=1S/C13H16Cl2F3NOSi/c1-21(2,3)20-12(13(16,17)18)5-4-7-8(12)6-9(14)11(19)10(7)15/h6H,4-5,19H2,1-3H3. The van der Waals surface area contributed by atoms with Crippen LogP contribution in [0.5, 0.6) is 0 Å². The second-order valence-corrected chi connectivity index (χ2v) is 11.4. The summed E-state index contributed by atoms with van der Waals surface area (Å²) in [5.41, 5.74) is 3.86. The molecule has 0 saturated heterocycles. The minimum Gasteiger partial charge on any atom is -0.400 e. The molecule has 1 aliphatic carbocycles. The van der Waals surface area contributed by atoms with Gasteiger partial charge >= 0.3 is 6.18 Å². The van der Waals surface area contributed by atoms with Gasteiger partial charge in [-0.25, -0.2) is 0 Å². The van der Waals surface area contributed by atoms with Gasteiger partial charge in [0.15, 0.2) is 13.9 Å². The van der Waals surface area contributed by atoms with Gasteiger partial charge in [-0.05, 0) is 49.7 Å². The maximum absolute atomic E-state index is 13.8. The molecule has 0 saturated carbocycles. The van der Waals surface area contributed by atoms with Crippen molar-refractivity contribution in [2.45, 2.75) is 44.3 Å². The van der Waals surface area contributed by atoms with Gasteiger partial charge in [-0.1, -0.05) is 23.2 Å². The molecule has 1 aliphatic rings. The van der Waals surface area contributed by atoms with Crippen molar-refractivity contribution in [2.75, 3.05) is 5.73 Å². The molecule has 0 aliphatic heterocycles. The summed E-state index contributed by atoms with van der Waals surface area (Å²) in [6.45, 7) is 5.16. The Hall–Kier alpha value is -0.433. The van der Waals surface area contributed by atoms with Gasteiger partial charge in [0.1, 0.15) is 0 Å². The summed E-state index contributed by atoms with van der Waals surface area (Å²) in [7, 11) is -2.46. The highest BCUT2D eigenvalue weighted by Gasteiger charge is 2.61. The van der Waals surface area contributed by atoms with Crippen LogP contribution in [0.2, 0.25) is 29.7 Å². The first-order valence-electron chi connectivity index (χ1n) is 6.43. The van der Waals surface area contributed by atoms with E-state index in [1.165, 1.54) is 6.07 Å². The molecule has 2 nitrogen and oxygen atoms in total. The molecule has 1 aromatic rings. The maximum atomic E-state index is 13.8. The Kier molecular flexibility index (Phi) is 4.07. The fourth-order valence-electron chi connectivity index (χ4n) is 2.70. The van der Waals surface area contributed by atoms with Crippen LogP contribution >= 0.6 is 23.2 Å². The Balaban J connectivity index is 2.70. The van der Waals surface area contributed by atoms with Gasteiger partial charge in [0, 0.05) is 0 Å². The molecule has 2 N–H and O–H groups in total. The molecule has 0 aromatic heterocycles. The molecule has 118 valence electrons. The van der Waals surface area contributed by atoms with E-state index in [0.29, 0.717) is 5.56 Å². The summed E-state index contributed by atoms with van der Waals surface area (Å²) in [5.74, 6) is 0. The topological polar surface area (TPSA) is 35.2 Å². The van der Waals surface area contributed by atoms with Crippen molar-refractivity contribution >= 4 is 37.2 Å². The van der Waals surface area contributed by atoms with E-state index in [1.807, 2.05) is 0 Å². The quantitative estimate of drug-likeness (QED) is 0.588. The lowest BCUT2D eigenvalue weighted by molar-refractivity contribution is -0.257. The van der Waals surface area contributed by atoms with Gasteiger partial charge in [0.25, 0.3) is 0 Å². The minimum absolute atomic E-state index is 0.00150. The summed E-state index contributed by atoms with van der Waals surface area (Å²) in [5, 5.41) is 0.122. The fraction of sp³-hybridized carbons (Fsp3) is 0.538. The second-order valence-electron chi connectivity index (χ2n) is 6.15. The normalized spacial score (nSPS) is 22.5. The van der Waals surface area contributed by atoms with E-state index in [9.17, 15) is 13.2 Å². The smallest absolute Gasteiger partial charge is 0.400 e. The summed E-state index contributed by atoms with van der Waals surface area (Å²) < 4.78 is 46.9. The van der Waals surface area contributed by atoms with Crippen LogP contribution in [0, 0.1) is 0 Å². The van der Waals surface area contributed by atoms with Gasteiger partial charge in [-0.2, -0.15) is 13.2 Å². The van der Waals surface area contributed by atoms with Crippen LogP contribution < -0.4 is 5.73 Å². The van der Waals surface area contributed by atoms with Gasteiger partial charge in [-0.3, -0.25) is 0 Å². The van der Waals surface area contributed by atoms with Crippen molar-refractivity contribution < 1.29 is 17.6 Å². The third-order valence-corrected chi connectivity index (χ3v) is 5.16. The number of benzene rings is 1. The molecule has 8 heteroatoms. The minimum atomic E-state index is -4.54. The molecule has 0 radical (unpaired) electrons. The van der Waals surface area contributed by atoms with Crippen LogP contribution in [-0.4, -0.2) is 14.5 Å². The molecule has 21 heavy (non-hydrogen) atoms. The zero-order valence-corrected chi connectivity index (χ0v) is 14.4. The van der Waals surface area contributed by atoms with E-state index < -0.39 is 20.1 Å². The Labute approximate surface area is 132 Å². The highest BCUT2D eigenvalue weighted by atomic mass is 35.5. The summed E-state index contributed by atoms with van der Waals surface area (Å²) >= 11 is 12.0. The summed E-state index contributed by atoms with van der Waals surface area (Å²) in [6, 6.07) is 1.25. The number of hydrogen-bond acceptors (Lipinski definition) is 2. The Morgan fingerprint density at radius 3 is 2.33 bits per heavy atom. The highest BCUT2D eigenvalue weighted by molar-refractivity contribution is 6.69. The lowest BCUT2D eigenvalue weighted by Gasteiger charge is -2.38. The number of fused-ring (bicyclic) bond motifs is 1. The number of alkyl halides is 3. The molecule has 0 bridgehead atoms. The summed E-state index contributed by atoms with van der Waals surface area (Å²) in [6.07, 6.45) is -4.57. The number of anilines is 1.